The van der Waals surface area contributed by atoms with Crippen LogP contribution in [0.1, 0.15) is 36.1 Å². The molecule has 1 aromatic carbocycles. The molecule has 1 fully saturated rings. The number of H-pyrrole nitrogens is 1. The molecule has 0 amide bonds. The quantitative estimate of drug-likeness (QED) is 0.337. The van der Waals surface area contributed by atoms with Gasteiger partial charge in [0.2, 0.25) is 5.82 Å². The van der Waals surface area contributed by atoms with Crippen molar-refractivity contribution in [1.29, 1.82) is 0 Å². The molecule has 1 saturated carbocycles. The van der Waals surface area contributed by atoms with Gasteiger partial charge in [-0.05, 0) is 36.6 Å². The van der Waals surface area contributed by atoms with E-state index in [9.17, 15) is 19.6 Å². The zero-order chi connectivity index (χ0) is 20.4. The molecule has 1 unspecified atom stereocenters. The number of nitrogens with one attached hydrogen (secondary N) is 3. The lowest BCUT2D eigenvalue weighted by Crippen LogP contribution is -2.16. The molecule has 4 N–H and O–H groups in total. The smallest absolute Gasteiger partial charge is 0.311 e. The lowest BCUT2D eigenvalue weighted by atomic mass is 10.1. The summed E-state index contributed by atoms with van der Waals surface area (Å²) in [5.41, 5.74) is 1.44. The van der Waals surface area contributed by atoms with Gasteiger partial charge in [0.25, 0.3) is 0 Å². The van der Waals surface area contributed by atoms with Gasteiger partial charge in [-0.25, -0.2) is 9.37 Å². The Morgan fingerprint density at radius 3 is 2.66 bits per heavy atom. The van der Waals surface area contributed by atoms with Crippen molar-refractivity contribution in [1.82, 2.24) is 15.2 Å². The van der Waals surface area contributed by atoms with E-state index < -0.39 is 11.0 Å². The first-order chi connectivity index (χ1) is 14.0. The van der Waals surface area contributed by atoms with E-state index in [1.807, 2.05) is 6.07 Å². The Labute approximate surface area is 165 Å². The van der Waals surface area contributed by atoms with Gasteiger partial charge in [-0.1, -0.05) is 12.1 Å². The molecule has 0 spiro atoms. The number of hydrogen-bond acceptors (Lipinski definition) is 7. The summed E-state index contributed by atoms with van der Waals surface area (Å²) in [7, 11) is 0. The van der Waals surface area contributed by atoms with Crippen LogP contribution in [-0.4, -0.2) is 31.8 Å². The molecule has 0 aliphatic heterocycles. The molecule has 9 nitrogen and oxygen atoms in total. The van der Waals surface area contributed by atoms with Gasteiger partial charge < -0.3 is 15.7 Å². The number of nitrogens with zero attached hydrogens (tertiary/aromatic N) is 3. The number of pyridine rings is 1. The molecule has 0 saturated heterocycles. The van der Waals surface area contributed by atoms with E-state index in [1.165, 1.54) is 24.3 Å². The number of nitro groups is 1. The molecule has 2 heterocycles. The Bertz CT molecular complexity index is 1020. The Morgan fingerprint density at radius 1 is 1.24 bits per heavy atom. The molecule has 1 aliphatic rings. The Morgan fingerprint density at radius 2 is 2.00 bits per heavy atom. The van der Waals surface area contributed by atoms with Crippen molar-refractivity contribution >= 4 is 23.1 Å². The van der Waals surface area contributed by atoms with Crippen LogP contribution in [0.25, 0.3) is 0 Å². The highest BCUT2D eigenvalue weighted by Gasteiger charge is 2.26. The van der Waals surface area contributed by atoms with Crippen LogP contribution in [0.15, 0.2) is 42.5 Å². The van der Waals surface area contributed by atoms with Gasteiger partial charge in [0.15, 0.2) is 5.82 Å². The van der Waals surface area contributed by atoms with Crippen molar-refractivity contribution in [3.05, 3.63) is 69.7 Å². The first-order valence-corrected chi connectivity index (χ1v) is 9.14. The lowest BCUT2D eigenvalue weighted by Gasteiger charge is -2.18. The Kier molecular flexibility index (Phi) is 5.09. The summed E-state index contributed by atoms with van der Waals surface area (Å²) < 4.78 is 13.1. The van der Waals surface area contributed by atoms with E-state index in [2.05, 4.69) is 25.8 Å². The molecule has 10 heteroatoms. The maximum absolute atomic E-state index is 13.1. The average molecular weight is 398 g/mol. The van der Waals surface area contributed by atoms with E-state index in [0.717, 1.165) is 18.5 Å². The summed E-state index contributed by atoms with van der Waals surface area (Å²) in [5.74, 6) is 0.880. The molecule has 1 aliphatic carbocycles. The summed E-state index contributed by atoms with van der Waals surface area (Å²) >= 11 is 0. The monoisotopic (exact) mass is 398 g/mol. The SMILES string of the molecule is O=[N+]([O-])c1ccc(NC(CO)c2ccc(F)cc2)nc1Nc1cc(C2CC2)[nH]n1. The number of aliphatic hydroxyl groups is 1. The summed E-state index contributed by atoms with van der Waals surface area (Å²) in [5, 5.41) is 34.1. The van der Waals surface area contributed by atoms with Crippen LogP contribution < -0.4 is 10.6 Å². The molecular formula is C19H19FN6O3. The van der Waals surface area contributed by atoms with Gasteiger partial charge in [0.1, 0.15) is 11.6 Å². The van der Waals surface area contributed by atoms with Gasteiger partial charge in [-0.15, -0.1) is 0 Å². The number of anilines is 3. The minimum absolute atomic E-state index is 0.0321. The van der Waals surface area contributed by atoms with Crippen LogP contribution in [0.3, 0.4) is 0 Å². The summed E-state index contributed by atoms with van der Waals surface area (Å²) in [6.45, 7) is -0.267. The Balaban J connectivity index is 1.57. The maximum Gasteiger partial charge on any atom is 0.311 e. The number of halogens is 1. The van der Waals surface area contributed by atoms with Crippen LogP contribution in [0.4, 0.5) is 27.5 Å². The second kappa shape index (κ2) is 7.84. The van der Waals surface area contributed by atoms with Crippen molar-refractivity contribution in [3.8, 4) is 0 Å². The molecule has 1 atom stereocenters. The fourth-order valence-electron chi connectivity index (χ4n) is 3.00. The van der Waals surface area contributed by atoms with E-state index in [4.69, 9.17) is 0 Å². The molecule has 4 rings (SSSR count). The fourth-order valence-corrected chi connectivity index (χ4v) is 3.00. The van der Waals surface area contributed by atoms with Gasteiger partial charge >= 0.3 is 5.69 Å². The van der Waals surface area contributed by atoms with Crippen LogP contribution >= 0.6 is 0 Å². The molecule has 3 aromatic rings. The third kappa shape index (κ3) is 4.32. The summed E-state index contributed by atoms with van der Waals surface area (Å²) in [6, 6.07) is 9.74. The largest absolute Gasteiger partial charge is 0.394 e. The highest BCUT2D eigenvalue weighted by atomic mass is 19.1. The molecule has 0 bridgehead atoms. The van der Waals surface area contributed by atoms with E-state index >= 15 is 0 Å². The third-order valence-corrected chi connectivity index (χ3v) is 4.71. The van der Waals surface area contributed by atoms with Crippen molar-refractivity contribution < 1.29 is 14.4 Å². The van der Waals surface area contributed by atoms with E-state index in [0.29, 0.717) is 23.1 Å². The molecule has 150 valence electrons. The van der Waals surface area contributed by atoms with Crippen LogP contribution in [0.5, 0.6) is 0 Å². The van der Waals surface area contributed by atoms with Gasteiger partial charge in [0, 0.05) is 23.7 Å². The number of aromatic nitrogens is 3. The first kappa shape index (κ1) is 18.8. The zero-order valence-electron chi connectivity index (χ0n) is 15.3. The van der Waals surface area contributed by atoms with Gasteiger partial charge in [-0.3, -0.25) is 15.2 Å². The van der Waals surface area contributed by atoms with Crippen molar-refractivity contribution in [2.75, 3.05) is 17.2 Å². The molecule has 29 heavy (non-hydrogen) atoms. The van der Waals surface area contributed by atoms with Crippen molar-refractivity contribution in [2.24, 2.45) is 0 Å². The minimum Gasteiger partial charge on any atom is -0.394 e. The number of hydrogen-bond donors (Lipinski definition) is 4. The fraction of sp³-hybridized carbons (Fsp3) is 0.263. The minimum atomic E-state index is -0.552. The van der Waals surface area contributed by atoms with Crippen molar-refractivity contribution in [3.63, 3.8) is 0 Å². The second-order valence-electron chi connectivity index (χ2n) is 6.86. The maximum atomic E-state index is 13.1. The van der Waals surface area contributed by atoms with Crippen molar-refractivity contribution in [2.45, 2.75) is 24.8 Å². The molecule has 2 aromatic heterocycles. The standard InChI is InChI=1S/C19H19FN6O3/c20-13-5-3-12(4-6-13)15(10-27)21-17-8-7-16(26(28)29)19(22-17)23-18-9-14(24-25-18)11-1-2-11/h3-9,11,15,27H,1-2,10H2,(H3,21,22,23,24,25). The van der Waals surface area contributed by atoms with Gasteiger partial charge in [-0.2, -0.15) is 5.10 Å². The van der Waals surface area contributed by atoms with E-state index in [1.54, 1.807) is 12.1 Å². The lowest BCUT2D eigenvalue weighted by molar-refractivity contribution is -0.384. The average Bonchev–Trinajstić information content (AvgIpc) is 3.46. The zero-order valence-corrected chi connectivity index (χ0v) is 15.3. The molecule has 0 radical (unpaired) electrons. The number of rotatable bonds is 8. The van der Waals surface area contributed by atoms with E-state index in [-0.39, 0.29) is 23.9 Å². The Hall–Kier alpha value is -3.53. The summed E-state index contributed by atoms with van der Waals surface area (Å²) in [6.07, 6.45) is 2.21. The first-order valence-electron chi connectivity index (χ1n) is 9.14. The van der Waals surface area contributed by atoms with Crippen LogP contribution in [-0.2, 0) is 0 Å². The van der Waals surface area contributed by atoms with Crippen LogP contribution in [0.2, 0.25) is 0 Å². The third-order valence-electron chi connectivity index (χ3n) is 4.71. The highest BCUT2D eigenvalue weighted by molar-refractivity contribution is 5.66. The number of aromatic amines is 1. The summed E-state index contributed by atoms with van der Waals surface area (Å²) in [4.78, 5) is 15.1. The highest BCUT2D eigenvalue weighted by Crippen LogP contribution is 2.40. The number of benzene rings is 1. The predicted octanol–water partition coefficient (Wildman–Crippen LogP) is 3.62. The predicted molar refractivity (Wildman–Crippen MR) is 105 cm³/mol. The van der Waals surface area contributed by atoms with Crippen LogP contribution in [0, 0.1) is 15.9 Å². The normalized spacial score (nSPS) is 14.4. The molecular weight excluding hydrogens is 379 g/mol. The second-order valence-corrected chi connectivity index (χ2v) is 6.86. The van der Waals surface area contributed by atoms with Gasteiger partial charge in [0.05, 0.1) is 17.6 Å². The topological polar surface area (TPSA) is 129 Å². The number of aliphatic hydroxyl groups excluding tert-OH is 1.